The fraction of sp³-hybridized carbons (Fsp3) is 0.462. The number of alkyl halides is 1. The summed E-state index contributed by atoms with van der Waals surface area (Å²) in [4.78, 5) is 12.1. The first-order valence-electron chi connectivity index (χ1n) is 5.67. The Balaban J connectivity index is 2.02. The zero-order valence-corrected chi connectivity index (χ0v) is 12.9. The van der Waals surface area contributed by atoms with Gasteiger partial charge in [0, 0.05) is 21.9 Å². The highest BCUT2D eigenvalue weighted by Crippen LogP contribution is 2.46. The molecule has 0 radical (unpaired) electrons. The molecule has 0 aliphatic heterocycles. The zero-order chi connectivity index (χ0) is 12.5. The van der Waals surface area contributed by atoms with Crippen LogP contribution >= 0.6 is 31.9 Å². The van der Waals surface area contributed by atoms with Crippen molar-refractivity contribution in [3.63, 3.8) is 0 Å². The summed E-state index contributed by atoms with van der Waals surface area (Å²) in [5.41, 5.74) is 2.06. The van der Waals surface area contributed by atoms with E-state index in [1.165, 1.54) is 12.8 Å². The summed E-state index contributed by atoms with van der Waals surface area (Å²) in [5, 5.41) is 4.00. The number of hydrogen-bond donors (Lipinski definition) is 1. The van der Waals surface area contributed by atoms with Gasteiger partial charge < -0.3 is 5.32 Å². The van der Waals surface area contributed by atoms with Gasteiger partial charge in [-0.2, -0.15) is 0 Å². The Morgan fingerprint density at radius 2 is 2.18 bits per heavy atom. The fourth-order valence-corrected chi connectivity index (χ4v) is 2.88. The average molecular weight is 361 g/mol. The molecule has 0 spiro atoms. The highest BCUT2D eigenvalue weighted by atomic mass is 79.9. The molecule has 1 N–H and O–H groups in total. The van der Waals surface area contributed by atoms with Crippen LogP contribution in [0.15, 0.2) is 22.7 Å². The lowest BCUT2D eigenvalue weighted by Crippen LogP contribution is -2.31. The van der Waals surface area contributed by atoms with Crippen LogP contribution in [0.3, 0.4) is 0 Å². The van der Waals surface area contributed by atoms with Crippen molar-refractivity contribution in [1.82, 2.24) is 5.32 Å². The molecule has 92 valence electrons. The molecule has 2 nitrogen and oxygen atoms in total. The number of carbonyl (C=O) groups excluding carboxylic acids is 1. The van der Waals surface area contributed by atoms with Crippen LogP contribution in [0.25, 0.3) is 0 Å². The molecule has 4 heteroatoms. The molecule has 0 bridgehead atoms. The van der Waals surface area contributed by atoms with Crippen molar-refractivity contribution in [3.8, 4) is 0 Å². The summed E-state index contributed by atoms with van der Waals surface area (Å²) in [6.45, 7) is 2.72. The van der Waals surface area contributed by atoms with E-state index < -0.39 is 0 Å². The second kappa shape index (κ2) is 5.11. The SMILES string of the molecule is Cc1c(Br)cccc1C(=O)NCC1(CBr)CC1. The number of hydrogen-bond acceptors (Lipinski definition) is 1. The van der Waals surface area contributed by atoms with Crippen LogP contribution in [0.5, 0.6) is 0 Å². The van der Waals surface area contributed by atoms with Crippen LogP contribution in [-0.4, -0.2) is 17.8 Å². The van der Waals surface area contributed by atoms with Crippen LogP contribution in [0.2, 0.25) is 0 Å². The Morgan fingerprint density at radius 1 is 1.47 bits per heavy atom. The number of benzene rings is 1. The Labute approximate surface area is 118 Å². The van der Waals surface area contributed by atoms with Gasteiger partial charge in [0.2, 0.25) is 0 Å². The Kier molecular flexibility index (Phi) is 3.93. The van der Waals surface area contributed by atoms with Crippen molar-refractivity contribution in [2.24, 2.45) is 5.41 Å². The van der Waals surface area contributed by atoms with E-state index in [9.17, 15) is 4.79 Å². The summed E-state index contributed by atoms with van der Waals surface area (Å²) >= 11 is 6.95. The number of amides is 1. The van der Waals surface area contributed by atoms with Gasteiger partial charge >= 0.3 is 0 Å². The predicted molar refractivity (Wildman–Crippen MR) is 76.7 cm³/mol. The van der Waals surface area contributed by atoms with E-state index in [1.807, 2.05) is 25.1 Å². The van der Waals surface area contributed by atoms with Crippen LogP contribution < -0.4 is 5.32 Å². The van der Waals surface area contributed by atoms with Crippen molar-refractivity contribution < 1.29 is 4.79 Å². The van der Waals surface area contributed by atoms with Crippen molar-refractivity contribution in [3.05, 3.63) is 33.8 Å². The summed E-state index contributed by atoms with van der Waals surface area (Å²) in [6, 6.07) is 5.71. The number of nitrogens with one attached hydrogen (secondary N) is 1. The fourth-order valence-electron chi connectivity index (χ4n) is 1.75. The molecule has 1 aromatic carbocycles. The first-order chi connectivity index (χ1) is 8.08. The molecule has 0 saturated heterocycles. The molecule has 2 rings (SSSR count). The van der Waals surface area contributed by atoms with E-state index in [0.29, 0.717) is 5.41 Å². The van der Waals surface area contributed by atoms with E-state index in [1.54, 1.807) is 0 Å². The molecule has 0 atom stereocenters. The second-order valence-electron chi connectivity index (χ2n) is 4.73. The quantitative estimate of drug-likeness (QED) is 0.815. The lowest BCUT2D eigenvalue weighted by Gasteiger charge is -2.14. The van der Waals surface area contributed by atoms with E-state index in [4.69, 9.17) is 0 Å². The predicted octanol–water partition coefficient (Wildman–Crippen LogP) is 3.66. The lowest BCUT2D eigenvalue weighted by atomic mass is 10.1. The van der Waals surface area contributed by atoms with Gasteiger partial charge in [-0.3, -0.25) is 4.79 Å². The molecule has 0 aromatic heterocycles. The molecule has 1 aromatic rings. The highest BCUT2D eigenvalue weighted by molar-refractivity contribution is 9.10. The van der Waals surface area contributed by atoms with Gasteiger partial charge in [0.05, 0.1) is 0 Å². The van der Waals surface area contributed by atoms with Gasteiger partial charge in [0.15, 0.2) is 0 Å². The normalized spacial score (nSPS) is 16.6. The molecule has 0 unspecified atom stereocenters. The largest absolute Gasteiger partial charge is 0.351 e. The average Bonchev–Trinajstić information content (AvgIpc) is 3.10. The molecule has 17 heavy (non-hydrogen) atoms. The summed E-state index contributed by atoms with van der Waals surface area (Å²) in [6.07, 6.45) is 2.41. The molecule has 0 heterocycles. The van der Waals surface area contributed by atoms with E-state index in [-0.39, 0.29) is 5.91 Å². The minimum Gasteiger partial charge on any atom is -0.351 e. The molecular weight excluding hydrogens is 346 g/mol. The van der Waals surface area contributed by atoms with Crippen LogP contribution in [0, 0.1) is 12.3 Å². The standard InChI is InChI=1S/C13H15Br2NO/c1-9-10(3-2-4-11(9)15)12(17)16-8-13(7-14)5-6-13/h2-4H,5-8H2,1H3,(H,16,17). The van der Waals surface area contributed by atoms with Crippen molar-refractivity contribution in [1.29, 1.82) is 0 Å². The number of rotatable bonds is 4. The Morgan fingerprint density at radius 3 is 2.76 bits per heavy atom. The summed E-state index contributed by atoms with van der Waals surface area (Å²) in [5.74, 6) is 0.0241. The van der Waals surface area contributed by atoms with Crippen molar-refractivity contribution in [2.45, 2.75) is 19.8 Å². The maximum Gasteiger partial charge on any atom is 0.251 e. The first-order valence-corrected chi connectivity index (χ1v) is 7.59. The molecule has 1 aliphatic carbocycles. The second-order valence-corrected chi connectivity index (χ2v) is 6.14. The summed E-state index contributed by atoms with van der Waals surface area (Å²) in [7, 11) is 0. The minimum atomic E-state index is 0.0241. The molecule has 1 amide bonds. The Hall–Kier alpha value is -0.350. The molecule has 1 aliphatic rings. The van der Waals surface area contributed by atoms with Crippen molar-refractivity contribution in [2.75, 3.05) is 11.9 Å². The van der Waals surface area contributed by atoms with Crippen LogP contribution in [0.4, 0.5) is 0 Å². The summed E-state index contributed by atoms with van der Waals surface area (Å²) < 4.78 is 0.978. The third kappa shape index (κ3) is 2.91. The lowest BCUT2D eigenvalue weighted by molar-refractivity contribution is 0.0946. The maximum absolute atomic E-state index is 12.1. The third-order valence-corrected chi connectivity index (χ3v) is 5.43. The van der Waals surface area contributed by atoms with Gasteiger partial charge in [-0.15, -0.1) is 0 Å². The number of carbonyl (C=O) groups is 1. The van der Waals surface area contributed by atoms with Crippen LogP contribution in [-0.2, 0) is 0 Å². The molecular formula is C13H15Br2NO. The zero-order valence-electron chi connectivity index (χ0n) is 9.72. The molecule has 1 saturated carbocycles. The smallest absolute Gasteiger partial charge is 0.251 e. The van der Waals surface area contributed by atoms with E-state index in [0.717, 1.165) is 27.5 Å². The van der Waals surface area contributed by atoms with Gasteiger partial charge in [-0.1, -0.05) is 37.9 Å². The van der Waals surface area contributed by atoms with Gasteiger partial charge in [0.1, 0.15) is 0 Å². The van der Waals surface area contributed by atoms with Gasteiger partial charge in [-0.25, -0.2) is 0 Å². The van der Waals surface area contributed by atoms with E-state index >= 15 is 0 Å². The topological polar surface area (TPSA) is 29.1 Å². The first kappa shape index (κ1) is 13.1. The van der Waals surface area contributed by atoms with Crippen molar-refractivity contribution >= 4 is 37.8 Å². The highest BCUT2D eigenvalue weighted by Gasteiger charge is 2.41. The van der Waals surface area contributed by atoms with Crippen LogP contribution in [0.1, 0.15) is 28.8 Å². The van der Waals surface area contributed by atoms with Gasteiger partial charge in [-0.05, 0) is 42.9 Å². The minimum absolute atomic E-state index is 0.0241. The van der Waals surface area contributed by atoms with E-state index in [2.05, 4.69) is 37.2 Å². The van der Waals surface area contributed by atoms with Gasteiger partial charge in [0.25, 0.3) is 5.91 Å². The third-order valence-electron chi connectivity index (χ3n) is 3.38. The maximum atomic E-state index is 12.1. The molecule has 1 fully saturated rings. The monoisotopic (exact) mass is 359 g/mol. The number of halogens is 2. The Bertz CT molecular complexity index is 441.